The maximum absolute atomic E-state index is 12.3. The summed E-state index contributed by atoms with van der Waals surface area (Å²) in [7, 11) is -2.20. The molecule has 0 aliphatic rings. The van der Waals surface area contributed by atoms with Crippen LogP contribution in [0.3, 0.4) is 0 Å². The molecule has 27 heavy (non-hydrogen) atoms. The Balaban J connectivity index is 2.16. The summed E-state index contributed by atoms with van der Waals surface area (Å²) in [4.78, 5) is 12.1. The lowest BCUT2D eigenvalue weighted by Crippen LogP contribution is -2.11. The smallest absolute Gasteiger partial charge is 0.387 e. The maximum Gasteiger partial charge on any atom is 0.387 e. The molecule has 0 spiro atoms. The topological polar surface area (TPSA) is 81.7 Å². The fraction of sp³-hybridized carbons (Fsp3) is 0.167. The van der Waals surface area contributed by atoms with Gasteiger partial charge in [0.15, 0.2) is 21.3 Å². The highest BCUT2D eigenvalue weighted by Gasteiger charge is 2.14. The lowest BCUT2D eigenvalue weighted by molar-refractivity contribution is -0.111. The fourth-order valence-corrected chi connectivity index (χ4v) is 3.07. The Morgan fingerprint density at radius 3 is 2.48 bits per heavy atom. The molecule has 144 valence electrons. The highest BCUT2D eigenvalue weighted by molar-refractivity contribution is 7.90. The fourth-order valence-electron chi connectivity index (χ4n) is 2.22. The molecule has 6 nitrogen and oxygen atoms in total. The molecule has 0 aromatic heterocycles. The van der Waals surface area contributed by atoms with E-state index in [4.69, 9.17) is 4.74 Å². The van der Waals surface area contributed by atoms with Crippen LogP contribution in [-0.4, -0.2) is 34.3 Å². The van der Waals surface area contributed by atoms with Crippen LogP contribution >= 0.6 is 0 Å². The lowest BCUT2D eigenvalue weighted by Gasteiger charge is -2.10. The molecule has 0 bridgehead atoms. The van der Waals surface area contributed by atoms with Gasteiger partial charge in [-0.3, -0.25) is 4.79 Å². The number of hydrogen-bond donors (Lipinski definition) is 1. The van der Waals surface area contributed by atoms with E-state index in [0.717, 1.165) is 6.26 Å². The van der Waals surface area contributed by atoms with Crippen LogP contribution in [0.5, 0.6) is 11.5 Å². The molecule has 0 aliphatic heterocycles. The average Bonchev–Trinajstić information content (AvgIpc) is 2.60. The molecule has 0 radical (unpaired) electrons. The van der Waals surface area contributed by atoms with Crippen molar-refractivity contribution in [2.45, 2.75) is 11.5 Å². The highest BCUT2D eigenvalue weighted by Crippen LogP contribution is 2.30. The number of rotatable bonds is 7. The number of carbonyl (C=O) groups excluding carboxylic acids is 1. The molecular weight excluding hydrogens is 380 g/mol. The van der Waals surface area contributed by atoms with Gasteiger partial charge in [-0.05, 0) is 35.9 Å². The van der Waals surface area contributed by atoms with Gasteiger partial charge in [0, 0.05) is 12.3 Å². The van der Waals surface area contributed by atoms with Gasteiger partial charge >= 0.3 is 6.61 Å². The van der Waals surface area contributed by atoms with E-state index in [-0.39, 0.29) is 22.1 Å². The first kappa shape index (κ1) is 20.4. The van der Waals surface area contributed by atoms with Gasteiger partial charge in [0.25, 0.3) is 0 Å². The van der Waals surface area contributed by atoms with E-state index in [0.29, 0.717) is 5.56 Å². The Bertz CT molecular complexity index is 958. The number of amides is 1. The van der Waals surface area contributed by atoms with E-state index in [1.807, 2.05) is 0 Å². The van der Waals surface area contributed by atoms with Crippen molar-refractivity contribution in [2.24, 2.45) is 0 Å². The van der Waals surface area contributed by atoms with E-state index in [2.05, 4.69) is 10.1 Å². The number of ether oxygens (including phenoxy) is 2. The maximum atomic E-state index is 12.3. The number of methoxy groups -OCH3 is 1. The number of carbonyl (C=O) groups is 1. The second-order valence-electron chi connectivity index (χ2n) is 5.38. The van der Waals surface area contributed by atoms with Gasteiger partial charge in [-0.1, -0.05) is 18.2 Å². The Morgan fingerprint density at radius 1 is 1.15 bits per heavy atom. The first-order chi connectivity index (χ1) is 12.7. The summed E-state index contributed by atoms with van der Waals surface area (Å²) >= 11 is 0. The van der Waals surface area contributed by atoms with Crippen LogP contribution < -0.4 is 14.8 Å². The summed E-state index contributed by atoms with van der Waals surface area (Å²) in [5, 5.41) is 2.49. The van der Waals surface area contributed by atoms with Crippen molar-refractivity contribution in [1.29, 1.82) is 0 Å². The Kier molecular flexibility index (Phi) is 6.51. The van der Waals surface area contributed by atoms with E-state index in [1.165, 1.54) is 49.6 Å². The summed E-state index contributed by atoms with van der Waals surface area (Å²) < 4.78 is 57.4. The third-order valence-electron chi connectivity index (χ3n) is 3.38. The van der Waals surface area contributed by atoms with Crippen LogP contribution in [0.25, 0.3) is 6.08 Å². The molecule has 2 rings (SSSR count). The van der Waals surface area contributed by atoms with Crippen molar-refractivity contribution in [3.05, 3.63) is 54.1 Å². The summed E-state index contributed by atoms with van der Waals surface area (Å²) in [6.45, 7) is -2.99. The zero-order valence-corrected chi connectivity index (χ0v) is 15.3. The molecule has 0 saturated carbocycles. The van der Waals surface area contributed by atoms with Crippen molar-refractivity contribution >= 4 is 27.5 Å². The van der Waals surface area contributed by atoms with Crippen LogP contribution in [-0.2, 0) is 14.6 Å². The van der Waals surface area contributed by atoms with Gasteiger partial charge < -0.3 is 14.8 Å². The summed E-state index contributed by atoms with van der Waals surface area (Å²) in [5.41, 5.74) is 0.660. The first-order valence-corrected chi connectivity index (χ1v) is 9.51. The van der Waals surface area contributed by atoms with E-state index < -0.39 is 22.4 Å². The molecule has 0 atom stereocenters. The summed E-state index contributed by atoms with van der Waals surface area (Å²) in [6.07, 6.45) is 3.65. The molecule has 0 unspecified atom stereocenters. The number of sulfone groups is 1. The van der Waals surface area contributed by atoms with Gasteiger partial charge in [-0.15, -0.1) is 0 Å². The molecule has 0 heterocycles. The van der Waals surface area contributed by atoms with Crippen LogP contribution in [0.2, 0.25) is 0 Å². The normalized spacial score (nSPS) is 11.6. The van der Waals surface area contributed by atoms with Crippen LogP contribution in [0.15, 0.2) is 53.4 Å². The van der Waals surface area contributed by atoms with Gasteiger partial charge in [0.05, 0.1) is 17.7 Å². The molecule has 1 amide bonds. The predicted octanol–water partition coefficient (Wildman–Crippen LogP) is 3.35. The zero-order chi connectivity index (χ0) is 20.0. The first-order valence-electron chi connectivity index (χ1n) is 7.61. The Labute approximate surface area is 155 Å². The quantitative estimate of drug-likeness (QED) is 0.725. The van der Waals surface area contributed by atoms with Crippen molar-refractivity contribution in [3.8, 4) is 11.5 Å². The molecule has 1 N–H and O–H groups in total. The second kappa shape index (κ2) is 8.63. The monoisotopic (exact) mass is 397 g/mol. The van der Waals surface area contributed by atoms with Gasteiger partial charge in [0.1, 0.15) is 0 Å². The van der Waals surface area contributed by atoms with E-state index in [1.54, 1.807) is 12.1 Å². The van der Waals surface area contributed by atoms with Crippen molar-refractivity contribution in [3.63, 3.8) is 0 Å². The number of anilines is 1. The number of benzene rings is 2. The Hall–Kier alpha value is -2.94. The highest BCUT2D eigenvalue weighted by atomic mass is 32.2. The minimum atomic E-state index is -3.50. The number of halogens is 2. The van der Waals surface area contributed by atoms with Crippen LogP contribution in [0.1, 0.15) is 5.56 Å². The van der Waals surface area contributed by atoms with Gasteiger partial charge in [-0.2, -0.15) is 8.78 Å². The third-order valence-corrected chi connectivity index (χ3v) is 4.53. The lowest BCUT2D eigenvalue weighted by atomic mass is 10.2. The summed E-state index contributed by atoms with van der Waals surface area (Å²) in [5.74, 6) is -0.602. The molecule has 9 heteroatoms. The molecular formula is C18H17F2NO5S. The number of hydrogen-bond acceptors (Lipinski definition) is 5. The number of para-hydroxylation sites is 1. The minimum absolute atomic E-state index is 0.00178. The van der Waals surface area contributed by atoms with Crippen molar-refractivity contribution in [1.82, 2.24) is 0 Å². The average molecular weight is 397 g/mol. The third kappa shape index (κ3) is 5.78. The zero-order valence-electron chi connectivity index (χ0n) is 14.5. The largest absolute Gasteiger partial charge is 0.493 e. The van der Waals surface area contributed by atoms with Crippen molar-refractivity contribution in [2.75, 3.05) is 18.7 Å². The van der Waals surface area contributed by atoms with Crippen molar-refractivity contribution < 1.29 is 31.5 Å². The standard InChI is InChI=1S/C18H17F2NO5S/c1-25-15-11-12(7-9-14(15)26-18(19)20)8-10-17(22)21-13-5-3-4-6-16(13)27(2,23)24/h3-11,18H,1-2H3,(H,21,22)/b10-8+. The number of alkyl halides is 2. The van der Waals surface area contributed by atoms with Gasteiger partial charge in [0.2, 0.25) is 5.91 Å². The summed E-state index contributed by atoms with van der Waals surface area (Å²) in [6, 6.07) is 10.2. The number of nitrogens with one attached hydrogen (secondary N) is 1. The Morgan fingerprint density at radius 2 is 1.85 bits per heavy atom. The SMILES string of the molecule is COc1cc(/C=C/C(=O)Nc2ccccc2S(C)(=O)=O)ccc1OC(F)F. The van der Waals surface area contributed by atoms with Gasteiger partial charge in [-0.25, -0.2) is 8.42 Å². The molecule has 0 saturated heterocycles. The second-order valence-corrected chi connectivity index (χ2v) is 7.36. The van der Waals surface area contributed by atoms with E-state index >= 15 is 0 Å². The molecule has 2 aromatic rings. The molecule has 2 aromatic carbocycles. The van der Waals surface area contributed by atoms with Crippen LogP contribution in [0.4, 0.5) is 14.5 Å². The van der Waals surface area contributed by atoms with Crippen LogP contribution in [0, 0.1) is 0 Å². The molecule has 0 fully saturated rings. The predicted molar refractivity (Wildman–Crippen MR) is 96.8 cm³/mol. The van der Waals surface area contributed by atoms with E-state index in [9.17, 15) is 22.0 Å². The minimum Gasteiger partial charge on any atom is -0.493 e. The molecule has 0 aliphatic carbocycles.